The molecule has 0 unspecified atom stereocenters. The highest BCUT2D eigenvalue weighted by molar-refractivity contribution is 14.1. The normalized spacial score (nSPS) is 20.7. The van der Waals surface area contributed by atoms with Crippen LogP contribution in [0.2, 0.25) is 72.5 Å². The van der Waals surface area contributed by atoms with Gasteiger partial charge in [-0.3, -0.25) is 9.59 Å². The van der Waals surface area contributed by atoms with Gasteiger partial charge in [0.25, 0.3) is 11.8 Å². The fourth-order valence-corrected chi connectivity index (χ4v) is 22.5. The van der Waals surface area contributed by atoms with Gasteiger partial charge in [0.05, 0.1) is 24.6 Å². The Bertz CT molecular complexity index is 1670. The van der Waals surface area contributed by atoms with E-state index in [2.05, 4.69) is 139 Å². The number of para-hydroxylation sites is 2. The standard InChI is InChI=1S/2C23H40INO5Si2/c2*1-7-31(8-2,9-3)29-21(19(27)16-26)23(30-32(10-4,11-5)12-6)17-14-13-15-18(24)20(17)25-22(23)28/h2*13-15,19,21,26-27H,7-12,16H2,1-6H3,(H,25,28)/t2*19-,21+,23-/m00/s1. The summed E-state index contributed by atoms with van der Waals surface area (Å²) in [5.74, 6) is -0.597. The molecule has 2 heterocycles. The molecule has 364 valence electrons. The highest BCUT2D eigenvalue weighted by Crippen LogP contribution is 2.51. The van der Waals surface area contributed by atoms with E-state index in [4.69, 9.17) is 17.7 Å². The summed E-state index contributed by atoms with van der Waals surface area (Å²) in [7, 11) is -9.18. The molecule has 0 aliphatic carbocycles. The second kappa shape index (κ2) is 24.8. The van der Waals surface area contributed by atoms with Crippen LogP contribution in [0, 0.1) is 7.14 Å². The van der Waals surface area contributed by atoms with Gasteiger partial charge in [-0.05, 0) is 130 Å². The van der Waals surface area contributed by atoms with Crippen molar-refractivity contribution < 1.29 is 47.7 Å². The van der Waals surface area contributed by atoms with Crippen LogP contribution in [0.25, 0.3) is 0 Å². The van der Waals surface area contributed by atoms with Gasteiger partial charge in [0.2, 0.25) is 0 Å². The Hall–Kier alpha value is -0.612. The second-order valence-electron chi connectivity index (χ2n) is 17.5. The van der Waals surface area contributed by atoms with Gasteiger partial charge < -0.3 is 48.8 Å². The maximum absolute atomic E-state index is 13.9. The predicted octanol–water partition coefficient (Wildman–Crippen LogP) is 10.4. The number of rotatable bonds is 26. The number of aliphatic hydroxyl groups excluding tert-OH is 4. The molecule has 0 saturated heterocycles. The lowest BCUT2D eigenvalue weighted by molar-refractivity contribution is -0.156. The third kappa shape index (κ3) is 11.2. The maximum Gasteiger partial charge on any atom is 0.263 e. The van der Waals surface area contributed by atoms with E-state index in [9.17, 15) is 30.0 Å². The van der Waals surface area contributed by atoms with Gasteiger partial charge in [0.15, 0.2) is 44.5 Å². The van der Waals surface area contributed by atoms with Crippen molar-refractivity contribution >= 4 is 102 Å². The van der Waals surface area contributed by atoms with Crippen molar-refractivity contribution in [2.45, 2.75) is 191 Å². The maximum atomic E-state index is 13.9. The number of aliphatic hydroxyl groups is 4. The van der Waals surface area contributed by atoms with E-state index in [1.54, 1.807) is 0 Å². The van der Waals surface area contributed by atoms with E-state index in [-0.39, 0.29) is 11.8 Å². The summed E-state index contributed by atoms with van der Waals surface area (Å²) in [6.45, 7) is 24.4. The molecule has 2 aliphatic heterocycles. The third-order valence-electron chi connectivity index (χ3n) is 15.1. The molecule has 2 aliphatic rings. The lowest BCUT2D eigenvalue weighted by atomic mass is 9.86. The second-order valence-corrected chi connectivity index (χ2v) is 38.6. The van der Waals surface area contributed by atoms with Crippen LogP contribution in [0.1, 0.15) is 94.2 Å². The molecule has 0 fully saturated rings. The van der Waals surface area contributed by atoms with Crippen molar-refractivity contribution in [1.29, 1.82) is 0 Å². The van der Waals surface area contributed by atoms with Gasteiger partial charge in [-0.1, -0.05) is 107 Å². The molecule has 0 bridgehead atoms. The molecule has 0 spiro atoms. The van der Waals surface area contributed by atoms with E-state index in [1.165, 1.54) is 0 Å². The van der Waals surface area contributed by atoms with E-state index >= 15 is 0 Å². The number of halogens is 2. The van der Waals surface area contributed by atoms with Crippen LogP contribution >= 0.6 is 45.2 Å². The van der Waals surface area contributed by atoms with Crippen LogP contribution in [0.4, 0.5) is 11.4 Å². The molecule has 64 heavy (non-hydrogen) atoms. The smallest absolute Gasteiger partial charge is 0.263 e. The molecule has 6 N–H and O–H groups in total. The van der Waals surface area contributed by atoms with Crippen LogP contribution in [0.3, 0.4) is 0 Å². The minimum Gasteiger partial charge on any atom is -0.407 e. The first-order chi connectivity index (χ1) is 30.4. The number of amides is 2. The van der Waals surface area contributed by atoms with Crippen LogP contribution < -0.4 is 10.6 Å². The highest BCUT2D eigenvalue weighted by Gasteiger charge is 2.62. The number of hydrogen-bond acceptors (Lipinski definition) is 10. The van der Waals surface area contributed by atoms with Crippen molar-refractivity contribution in [2.75, 3.05) is 23.8 Å². The Morgan fingerprint density at radius 1 is 0.500 bits per heavy atom. The van der Waals surface area contributed by atoms with Gasteiger partial charge in [-0.2, -0.15) is 0 Å². The van der Waals surface area contributed by atoms with Crippen LogP contribution in [0.15, 0.2) is 36.4 Å². The molecule has 12 nitrogen and oxygen atoms in total. The first kappa shape index (κ1) is 57.7. The number of benzene rings is 2. The molecule has 18 heteroatoms. The minimum atomic E-state index is -2.33. The molecular formula is C46H80I2N2O10Si4. The Morgan fingerprint density at radius 2 is 0.766 bits per heavy atom. The Labute approximate surface area is 415 Å². The van der Waals surface area contributed by atoms with Crippen molar-refractivity contribution in [1.82, 2.24) is 0 Å². The van der Waals surface area contributed by atoms with Crippen molar-refractivity contribution in [3.05, 3.63) is 54.7 Å². The number of carbonyl (C=O) groups excluding carboxylic acids is 2. The average Bonchev–Trinajstić information content (AvgIpc) is 3.78. The van der Waals surface area contributed by atoms with Gasteiger partial charge in [-0.15, -0.1) is 0 Å². The van der Waals surface area contributed by atoms with E-state index in [0.717, 1.165) is 91.0 Å². The zero-order chi connectivity index (χ0) is 48.3. The highest BCUT2D eigenvalue weighted by atomic mass is 127. The van der Waals surface area contributed by atoms with E-state index in [1.807, 2.05) is 36.4 Å². The molecule has 2 aromatic rings. The summed E-state index contributed by atoms with van der Waals surface area (Å²) in [5.41, 5.74) is -0.0923. The van der Waals surface area contributed by atoms with Crippen LogP contribution in [-0.4, -0.2) is 103 Å². The molecule has 0 aromatic heterocycles. The number of carbonyl (C=O) groups is 2. The van der Waals surface area contributed by atoms with Gasteiger partial charge >= 0.3 is 0 Å². The topological polar surface area (TPSA) is 176 Å². The number of hydrogen-bond donors (Lipinski definition) is 6. The van der Waals surface area contributed by atoms with Gasteiger partial charge in [0, 0.05) is 18.3 Å². The first-order valence-electron chi connectivity index (χ1n) is 23.9. The van der Waals surface area contributed by atoms with Crippen LogP contribution in [0.5, 0.6) is 0 Å². The van der Waals surface area contributed by atoms with Crippen molar-refractivity contribution in [3.63, 3.8) is 0 Å². The summed E-state index contributed by atoms with van der Waals surface area (Å²) in [6, 6.07) is 21.9. The molecule has 0 radical (unpaired) electrons. The molecule has 0 saturated carbocycles. The lowest BCUT2D eigenvalue weighted by Crippen LogP contribution is -2.62. The number of anilines is 2. The van der Waals surface area contributed by atoms with Crippen molar-refractivity contribution in [2.24, 2.45) is 0 Å². The van der Waals surface area contributed by atoms with E-state index in [0.29, 0.717) is 11.1 Å². The van der Waals surface area contributed by atoms with Gasteiger partial charge in [-0.25, -0.2) is 0 Å². The molecule has 6 atom stereocenters. The van der Waals surface area contributed by atoms with E-state index < -0.39 is 82.1 Å². The Morgan fingerprint density at radius 3 is 1.00 bits per heavy atom. The largest absolute Gasteiger partial charge is 0.407 e. The Kier molecular flexibility index (Phi) is 22.4. The number of fused-ring (bicyclic) bond motifs is 2. The fraction of sp³-hybridized carbons (Fsp3) is 0.696. The SMILES string of the molecule is CC[Si](CC)(CC)O[C@H]([C@@H](O)CO)[C@]1(O[Si](CC)(CC)CC)C(=O)Nc2c(I)cccc21.CC[Si](CC)(CC)O[C@H]([C@@H](O)CO)[C@]1(O[Si](CC)(CC)CC)C(=O)Nc2c(I)cccc21. The fourth-order valence-electron chi connectivity index (χ4n) is 9.67. The molecular weight excluding hydrogens is 1110 g/mol. The zero-order valence-corrected chi connectivity index (χ0v) is 49.0. The summed E-state index contributed by atoms with van der Waals surface area (Å²) in [5, 5.41) is 48.5. The predicted molar refractivity (Wildman–Crippen MR) is 286 cm³/mol. The van der Waals surface area contributed by atoms with Gasteiger partial charge in [0.1, 0.15) is 24.4 Å². The minimum absolute atomic E-state index is 0.299. The Balaban J connectivity index is 0.000000340. The quantitative estimate of drug-likeness (QED) is 0.0393. The monoisotopic (exact) mass is 1190 g/mol. The van der Waals surface area contributed by atoms with Crippen molar-refractivity contribution in [3.8, 4) is 0 Å². The molecule has 2 aromatic carbocycles. The summed E-state index contributed by atoms with van der Waals surface area (Å²) in [4.78, 5) is 27.7. The molecule has 4 rings (SSSR count). The summed E-state index contributed by atoms with van der Waals surface area (Å²) in [6.07, 6.45) is -4.43. The lowest BCUT2D eigenvalue weighted by Gasteiger charge is -2.47. The summed E-state index contributed by atoms with van der Waals surface area (Å²) < 4.78 is 29.6. The molecule has 2 amide bonds. The first-order valence-corrected chi connectivity index (χ1v) is 36.2. The summed E-state index contributed by atoms with van der Waals surface area (Å²) >= 11 is 4.43. The zero-order valence-electron chi connectivity index (χ0n) is 40.7. The third-order valence-corrected chi connectivity index (χ3v) is 35.4. The van der Waals surface area contributed by atoms with Crippen LogP contribution in [-0.2, 0) is 38.5 Å². The average molecular weight is 1190 g/mol. The number of nitrogens with one attached hydrogen (secondary N) is 2.